The zero-order valence-corrected chi connectivity index (χ0v) is 14.0. The highest BCUT2D eigenvalue weighted by molar-refractivity contribution is 5.79. The van der Waals surface area contributed by atoms with Crippen LogP contribution < -0.4 is 15.4 Å². The molecule has 1 aromatic carbocycles. The summed E-state index contributed by atoms with van der Waals surface area (Å²) in [6.45, 7) is 8.04. The molecule has 5 nitrogen and oxygen atoms in total. The first kappa shape index (κ1) is 18.3. The van der Waals surface area contributed by atoms with Gasteiger partial charge in [-0.2, -0.15) is 0 Å². The summed E-state index contributed by atoms with van der Waals surface area (Å²) in [5.74, 6) is 2.28. The molecular formula is C17H29N3O2. The minimum Gasteiger partial charge on any atom is -0.494 e. The molecule has 22 heavy (non-hydrogen) atoms. The smallest absolute Gasteiger partial charge is 0.191 e. The van der Waals surface area contributed by atoms with Gasteiger partial charge in [-0.25, -0.2) is 0 Å². The molecule has 0 saturated carbocycles. The molecule has 0 aliphatic rings. The van der Waals surface area contributed by atoms with E-state index < -0.39 is 0 Å². The Morgan fingerprint density at radius 3 is 2.50 bits per heavy atom. The minimum atomic E-state index is 0.571. The summed E-state index contributed by atoms with van der Waals surface area (Å²) in [5.41, 5.74) is 0. The summed E-state index contributed by atoms with van der Waals surface area (Å²) in [7, 11) is 1.77. The monoisotopic (exact) mass is 307 g/mol. The van der Waals surface area contributed by atoms with Crippen molar-refractivity contribution in [2.45, 2.75) is 20.3 Å². The van der Waals surface area contributed by atoms with Crippen molar-refractivity contribution in [1.29, 1.82) is 0 Å². The van der Waals surface area contributed by atoms with Crippen LogP contribution >= 0.6 is 0 Å². The fourth-order valence-electron chi connectivity index (χ4n) is 1.77. The van der Waals surface area contributed by atoms with E-state index in [9.17, 15) is 0 Å². The fraction of sp³-hybridized carbons (Fsp3) is 0.588. The van der Waals surface area contributed by atoms with Crippen molar-refractivity contribution >= 4 is 5.96 Å². The molecule has 0 saturated heterocycles. The number of hydrogen-bond donors (Lipinski definition) is 2. The van der Waals surface area contributed by atoms with E-state index in [-0.39, 0.29) is 0 Å². The molecule has 0 fully saturated rings. The third kappa shape index (κ3) is 9.23. The fourth-order valence-corrected chi connectivity index (χ4v) is 1.77. The molecule has 5 heteroatoms. The van der Waals surface area contributed by atoms with Gasteiger partial charge in [0.15, 0.2) is 5.96 Å². The highest BCUT2D eigenvalue weighted by atomic mass is 16.5. The van der Waals surface area contributed by atoms with Crippen LogP contribution in [0.3, 0.4) is 0 Å². The first-order chi connectivity index (χ1) is 10.7. The molecule has 0 spiro atoms. The predicted molar refractivity (Wildman–Crippen MR) is 91.6 cm³/mol. The van der Waals surface area contributed by atoms with Crippen LogP contribution in [0.15, 0.2) is 35.3 Å². The number of guanidine groups is 1. The van der Waals surface area contributed by atoms with Crippen molar-refractivity contribution < 1.29 is 9.47 Å². The average Bonchev–Trinajstić information content (AvgIpc) is 2.53. The molecule has 0 amide bonds. The molecule has 0 unspecified atom stereocenters. The minimum absolute atomic E-state index is 0.571. The Hall–Kier alpha value is -1.75. The van der Waals surface area contributed by atoms with Gasteiger partial charge in [0.05, 0.1) is 13.2 Å². The Labute approximate surface area is 134 Å². The topological polar surface area (TPSA) is 54.9 Å². The number of aliphatic imine (C=N–C) groups is 1. The summed E-state index contributed by atoms with van der Waals surface area (Å²) < 4.78 is 11.2. The van der Waals surface area contributed by atoms with Crippen LogP contribution in [0.4, 0.5) is 0 Å². The highest BCUT2D eigenvalue weighted by Gasteiger charge is 1.98. The molecule has 0 bridgehead atoms. The maximum Gasteiger partial charge on any atom is 0.191 e. The lowest BCUT2D eigenvalue weighted by Gasteiger charge is -2.13. The molecule has 0 radical (unpaired) electrons. The van der Waals surface area contributed by atoms with E-state index in [1.807, 2.05) is 30.3 Å². The molecular weight excluding hydrogens is 278 g/mol. The van der Waals surface area contributed by atoms with Crippen molar-refractivity contribution in [1.82, 2.24) is 10.6 Å². The Morgan fingerprint density at radius 2 is 1.82 bits per heavy atom. The second kappa shape index (κ2) is 11.9. The Balaban J connectivity index is 2.02. The SMILES string of the molecule is CN=C(NCCCOc1ccccc1)NCCOCC(C)C. The second-order valence-corrected chi connectivity index (χ2v) is 5.41. The van der Waals surface area contributed by atoms with Gasteiger partial charge in [0.25, 0.3) is 0 Å². The lowest BCUT2D eigenvalue weighted by molar-refractivity contribution is 0.114. The summed E-state index contributed by atoms with van der Waals surface area (Å²) in [6, 6.07) is 9.85. The summed E-state index contributed by atoms with van der Waals surface area (Å²) in [6.07, 6.45) is 0.916. The molecule has 0 aliphatic carbocycles. The number of nitrogens with one attached hydrogen (secondary N) is 2. The van der Waals surface area contributed by atoms with E-state index in [2.05, 4.69) is 29.5 Å². The van der Waals surface area contributed by atoms with Crippen LogP contribution in [0.1, 0.15) is 20.3 Å². The molecule has 124 valence electrons. The number of para-hydroxylation sites is 1. The number of hydrogen-bond acceptors (Lipinski definition) is 3. The van der Waals surface area contributed by atoms with Crippen LogP contribution in [-0.4, -0.2) is 45.9 Å². The number of ether oxygens (including phenoxy) is 2. The van der Waals surface area contributed by atoms with Crippen LogP contribution in [-0.2, 0) is 4.74 Å². The average molecular weight is 307 g/mol. The van der Waals surface area contributed by atoms with E-state index in [4.69, 9.17) is 9.47 Å². The van der Waals surface area contributed by atoms with Crippen LogP contribution in [0.2, 0.25) is 0 Å². The number of rotatable bonds is 10. The van der Waals surface area contributed by atoms with Gasteiger partial charge < -0.3 is 20.1 Å². The first-order valence-corrected chi connectivity index (χ1v) is 7.92. The first-order valence-electron chi connectivity index (χ1n) is 7.92. The van der Waals surface area contributed by atoms with Gasteiger partial charge in [-0.3, -0.25) is 4.99 Å². The summed E-state index contributed by atoms with van der Waals surface area (Å²) in [5, 5.41) is 6.48. The summed E-state index contributed by atoms with van der Waals surface area (Å²) in [4.78, 5) is 4.17. The van der Waals surface area contributed by atoms with Gasteiger partial charge in [0.2, 0.25) is 0 Å². The van der Waals surface area contributed by atoms with Crippen molar-refractivity contribution in [3.8, 4) is 5.75 Å². The lowest BCUT2D eigenvalue weighted by atomic mass is 10.2. The van der Waals surface area contributed by atoms with Crippen LogP contribution in [0, 0.1) is 5.92 Å². The maximum absolute atomic E-state index is 5.64. The zero-order chi connectivity index (χ0) is 16.0. The normalized spacial score (nSPS) is 11.5. The molecule has 0 aromatic heterocycles. The third-order valence-electron chi connectivity index (χ3n) is 2.84. The van der Waals surface area contributed by atoms with Crippen molar-refractivity contribution in [3.05, 3.63) is 30.3 Å². The van der Waals surface area contributed by atoms with Gasteiger partial charge in [-0.05, 0) is 24.5 Å². The molecule has 0 heterocycles. The van der Waals surface area contributed by atoms with E-state index >= 15 is 0 Å². The van der Waals surface area contributed by atoms with Crippen molar-refractivity contribution in [2.75, 3.05) is 40.0 Å². The largest absolute Gasteiger partial charge is 0.494 e. The molecule has 1 rings (SSSR count). The van der Waals surface area contributed by atoms with Gasteiger partial charge >= 0.3 is 0 Å². The number of nitrogens with zero attached hydrogens (tertiary/aromatic N) is 1. The van der Waals surface area contributed by atoms with Crippen LogP contribution in [0.25, 0.3) is 0 Å². The molecule has 0 atom stereocenters. The number of benzene rings is 1. The second-order valence-electron chi connectivity index (χ2n) is 5.41. The van der Waals surface area contributed by atoms with E-state index in [0.29, 0.717) is 19.1 Å². The highest BCUT2D eigenvalue weighted by Crippen LogP contribution is 2.07. The molecule has 1 aromatic rings. The standard InChI is InChI=1S/C17H29N3O2/c1-15(2)14-21-13-11-20-17(18-3)19-10-7-12-22-16-8-5-4-6-9-16/h4-6,8-9,15H,7,10-14H2,1-3H3,(H2,18,19,20). The van der Waals surface area contributed by atoms with Gasteiger partial charge in [0.1, 0.15) is 5.75 Å². The van der Waals surface area contributed by atoms with E-state index in [1.165, 1.54) is 0 Å². The predicted octanol–water partition coefficient (Wildman–Crippen LogP) is 2.29. The van der Waals surface area contributed by atoms with E-state index in [0.717, 1.165) is 37.8 Å². The third-order valence-corrected chi connectivity index (χ3v) is 2.84. The quantitative estimate of drug-likeness (QED) is 0.396. The lowest BCUT2D eigenvalue weighted by Crippen LogP contribution is -2.39. The Bertz CT molecular complexity index is 408. The maximum atomic E-state index is 5.64. The van der Waals surface area contributed by atoms with Crippen LogP contribution in [0.5, 0.6) is 5.75 Å². The Kier molecular flexibility index (Phi) is 9.87. The summed E-state index contributed by atoms with van der Waals surface area (Å²) >= 11 is 0. The van der Waals surface area contributed by atoms with Crippen molar-refractivity contribution in [3.63, 3.8) is 0 Å². The zero-order valence-electron chi connectivity index (χ0n) is 14.0. The molecule has 0 aliphatic heterocycles. The van der Waals surface area contributed by atoms with Gasteiger partial charge in [-0.15, -0.1) is 0 Å². The van der Waals surface area contributed by atoms with E-state index in [1.54, 1.807) is 7.05 Å². The van der Waals surface area contributed by atoms with Crippen molar-refractivity contribution in [2.24, 2.45) is 10.9 Å². The van der Waals surface area contributed by atoms with Gasteiger partial charge in [-0.1, -0.05) is 32.0 Å². The Morgan fingerprint density at radius 1 is 1.09 bits per heavy atom. The van der Waals surface area contributed by atoms with Gasteiger partial charge in [0, 0.05) is 26.7 Å². The molecule has 2 N–H and O–H groups in total.